The van der Waals surface area contributed by atoms with E-state index in [0.29, 0.717) is 97.5 Å². The van der Waals surface area contributed by atoms with Crippen LogP contribution in [-0.2, 0) is 28.9 Å². The van der Waals surface area contributed by atoms with E-state index < -0.39 is 0 Å². The fourth-order valence-corrected chi connectivity index (χ4v) is 9.76. The zero-order chi connectivity index (χ0) is 33.2. The van der Waals surface area contributed by atoms with Crippen LogP contribution in [0.1, 0.15) is 72.7 Å². The number of pyridine rings is 2. The third-order valence-corrected chi connectivity index (χ3v) is 12.2. The van der Waals surface area contributed by atoms with Crippen molar-refractivity contribution in [2.75, 3.05) is 50.9 Å². The molecule has 2 bridgehead atoms. The Kier molecular flexibility index (Phi) is 7.94. The molecule has 0 spiro atoms. The summed E-state index contributed by atoms with van der Waals surface area (Å²) in [7, 11) is 0. The Morgan fingerprint density at radius 3 is 2.71 bits per heavy atom. The maximum Gasteiger partial charge on any atom is 0.276 e. The minimum atomic E-state index is -0.342. The Labute approximate surface area is 282 Å². The first-order chi connectivity index (χ1) is 23.2. The van der Waals surface area contributed by atoms with E-state index in [1.54, 1.807) is 4.90 Å². The molecule has 2 saturated carbocycles. The van der Waals surface area contributed by atoms with Gasteiger partial charge in [0.2, 0.25) is 11.3 Å². The normalized spacial score (nSPS) is 24.9. The van der Waals surface area contributed by atoms with Gasteiger partial charge in [0.1, 0.15) is 33.3 Å². The van der Waals surface area contributed by atoms with Crippen LogP contribution < -0.4 is 20.4 Å². The van der Waals surface area contributed by atoms with Crippen molar-refractivity contribution in [2.45, 2.75) is 71.4 Å². The van der Waals surface area contributed by atoms with Crippen LogP contribution in [0.15, 0.2) is 17.1 Å². The molecule has 3 atom stereocenters. The van der Waals surface area contributed by atoms with Crippen molar-refractivity contribution in [3.05, 3.63) is 44.5 Å². The number of rotatable bonds is 7. The lowest BCUT2D eigenvalue weighted by atomic mass is 9.85. The Morgan fingerprint density at radius 1 is 1.17 bits per heavy atom. The highest BCUT2D eigenvalue weighted by Gasteiger charge is 2.48. The molecule has 3 fully saturated rings. The molecule has 5 aliphatic rings. The van der Waals surface area contributed by atoms with Gasteiger partial charge in [0.25, 0.3) is 5.91 Å². The summed E-state index contributed by atoms with van der Waals surface area (Å²) in [6.07, 6.45) is 9.93. The van der Waals surface area contributed by atoms with E-state index in [9.17, 15) is 19.5 Å². The van der Waals surface area contributed by atoms with Crippen LogP contribution in [0.5, 0.6) is 11.5 Å². The first-order valence-corrected chi connectivity index (χ1v) is 18.0. The SMILES string of the molecule is CCc1c(N2CCN(C(=O)c3ncc4c(c3O)CCO4)CC2)c(=O)c2nc(C3=CCOCC3)sc2n1CC(=O)NC1CC2(C)CCC1C2. The monoisotopic (exact) mass is 674 g/mol. The predicted molar refractivity (Wildman–Crippen MR) is 182 cm³/mol. The summed E-state index contributed by atoms with van der Waals surface area (Å²) < 4.78 is 13.0. The van der Waals surface area contributed by atoms with Gasteiger partial charge < -0.3 is 34.3 Å². The predicted octanol–water partition coefficient (Wildman–Crippen LogP) is 3.52. The average Bonchev–Trinajstić information content (AvgIpc) is 3.89. The molecule has 3 aliphatic heterocycles. The van der Waals surface area contributed by atoms with E-state index >= 15 is 0 Å². The van der Waals surface area contributed by atoms with Crippen LogP contribution in [0.2, 0.25) is 0 Å². The molecule has 8 rings (SSSR count). The Hall–Kier alpha value is -3.97. The standard InChI is InChI=1S/C35H42N6O6S/c1-3-24-29(39-9-11-40(12-10-39)33(45)27-30(43)22-7-15-47-25(22)18-36-27)31(44)28-34(48-32(38-28)20-5-13-46-14-6-20)41(24)19-26(42)37-23-17-35(2)8-4-21(23)16-35/h5,18,21,23,43H,3-4,6-17,19H2,1-2H3,(H,37,42). The lowest BCUT2D eigenvalue weighted by Gasteiger charge is -2.37. The smallest absolute Gasteiger partial charge is 0.276 e. The Morgan fingerprint density at radius 2 is 2.00 bits per heavy atom. The highest BCUT2D eigenvalue weighted by Crippen LogP contribution is 2.53. The number of aromatic hydroxyl groups is 1. The van der Waals surface area contributed by atoms with E-state index in [1.165, 1.54) is 30.4 Å². The number of hydrogen-bond acceptors (Lipinski definition) is 10. The van der Waals surface area contributed by atoms with Crippen LogP contribution in [0.4, 0.5) is 5.69 Å². The first-order valence-electron chi connectivity index (χ1n) is 17.2. The number of anilines is 1. The summed E-state index contributed by atoms with van der Waals surface area (Å²) in [6.45, 7) is 7.59. The summed E-state index contributed by atoms with van der Waals surface area (Å²) in [5.41, 5.74) is 3.61. The second-order valence-corrected chi connectivity index (χ2v) is 15.1. The van der Waals surface area contributed by atoms with Crippen molar-refractivity contribution < 1.29 is 24.2 Å². The maximum absolute atomic E-state index is 14.3. The highest BCUT2D eigenvalue weighted by atomic mass is 32.1. The largest absolute Gasteiger partial charge is 0.505 e. The zero-order valence-electron chi connectivity index (χ0n) is 27.5. The zero-order valence-corrected chi connectivity index (χ0v) is 28.4. The van der Waals surface area contributed by atoms with Gasteiger partial charge in [0, 0.05) is 49.9 Å². The number of amides is 2. The summed E-state index contributed by atoms with van der Waals surface area (Å²) in [5, 5.41) is 14.9. The van der Waals surface area contributed by atoms with Crippen LogP contribution in [0, 0.1) is 11.3 Å². The maximum atomic E-state index is 14.3. The molecule has 2 amide bonds. The second-order valence-electron chi connectivity index (χ2n) is 14.2. The summed E-state index contributed by atoms with van der Waals surface area (Å²) in [5.74, 6) is 0.557. The molecule has 2 aliphatic carbocycles. The van der Waals surface area contributed by atoms with Gasteiger partial charge in [-0.2, -0.15) is 0 Å². The minimum absolute atomic E-state index is 0.0265. The minimum Gasteiger partial charge on any atom is -0.505 e. The van der Waals surface area contributed by atoms with Crippen LogP contribution in [0.25, 0.3) is 15.9 Å². The molecule has 3 aromatic heterocycles. The van der Waals surface area contributed by atoms with Gasteiger partial charge in [-0.3, -0.25) is 14.4 Å². The number of hydrogen-bond donors (Lipinski definition) is 2. The van der Waals surface area contributed by atoms with E-state index in [1.807, 2.05) is 22.5 Å². The van der Waals surface area contributed by atoms with E-state index in [2.05, 4.69) is 17.2 Å². The van der Waals surface area contributed by atoms with Crippen molar-refractivity contribution >= 4 is 44.8 Å². The van der Waals surface area contributed by atoms with Crippen molar-refractivity contribution in [3.8, 4) is 11.5 Å². The topological polar surface area (TPSA) is 139 Å². The quantitative estimate of drug-likeness (QED) is 0.386. The number of piperazine rings is 1. The Balaban J connectivity index is 1.10. The molecular formula is C35H42N6O6S. The second kappa shape index (κ2) is 12.2. The lowest BCUT2D eigenvalue weighted by molar-refractivity contribution is -0.122. The molecule has 13 heteroatoms. The molecule has 0 aromatic carbocycles. The molecule has 12 nitrogen and oxygen atoms in total. The molecule has 2 N–H and O–H groups in total. The molecule has 3 unspecified atom stereocenters. The number of carbonyl (C=O) groups excluding carboxylic acids is 2. The number of thiazole rings is 1. The van der Waals surface area contributed by atoms with E-state index in [-0.39, 0.29) is 41.3 Å². The van der Waals surface area contributed by atoms with Gasteiger partial charge in [-0.15, -0.1) is 0 Å². The molecule has 0 radical (unpaired) electrons. The summed E-state index contributed by atoms with van der Waals surface area (Å²) in [6, 6.07) is 0.192. The lowest BCUT2D eigenvalue weighted by Crippen LogP contribution is -2.50. The number of fused-ring (bicyclic) bond motifs is 4. The van der Waals surface area contributed by atoms with Crippen LogP contribution in [0.3, 0.4) is 0 Å². The third kappa shape index (κ3) is 5.35. The van der Waals surface area contributed by atoms with E-state index in [0.717, 1.165) is 35.5 Å². The van der Waals surface area contributed by atoms with Gasteiger partial charge in [0.15, 0.2) is 11.4 Å². The fourth-order valence-electron chi connectivity index (χ4n) is 8.60. The van der Waals surface area contributed by atoms with Gasteiger partial charge in [-0.25, -0.2) is 9.97 Å². The van der Waals surface area contributed by atoms with Crippen molar-refractivity contribution in [3.63, 3.8) is 0 Å². The third-order valence-electron chi connectivity index (χ3n) is 11.1. The highest BCUT2D eigenvalue weighted by molar-refractivity contribution is 7.19. The van der Waals surface area contributed by atoms with Gasteiger partial charge in [-0.05, 0) is 55.4 Å². The number of nitrogens with one attached hydrogen (secondary N) is 1. The molecular weight excluding hydrogens is 632 g/mol. The van der Waals surface area contributed by atoms with Crippen molar-refractivity contribution in [2.24, 2.45) is 11.3 Å². The van der Waals surface area contributed by atoms with Gasteiger partial charge in [0.05, 0.1) is 26.0 Å². The molecule has 1 saturated heterocycles. The van der Waals surface area contributed by atoms with Gasteiger partial charge >= 0.3 is 0 Å². The number of carbonyl (C=O) groups is 2. The fraction of sp³-hybridized carbons (Fsp3) is 0.571. The van der Waals surface area contributed by atoms with Crippen molar-refractivity contribution in [1.29, 1.82) is 0 Å². The molecule has 3 aromatic rings. The van der Waals surface area contributed by atoms with Crippen molar-refractivity contribution in [1.82, 2.24) is 24.8 Å². The molecule has 254 valence electrons. The molecule has 6 heterocycles. The first kappa shape index (κ1) is 31.3. The van der Waals surface area contributed by atoms with E-state index in [4.69, 9.17) is 14.5 Å². The van der Waals surface area contributed by atoms with Gasteiger partial charge in [-0.1, -0.05) is 31.3 Å². The Bertz CT molecular complexity index is 1890. The summed E-state index contributed by atoms with van der Waals surface area (Å²) in [4.78, 5) is 55.1. The number of nitrogens with zero attached hydrogens (tertiary/aromatic N) is 5. The number of ether oxygens (including phenoxy) is 2. The van der Waals surface area contributed by atoms with Crippen LogP contribution >= 0.6 is 11.3 Å². The molecule has 48 heavy (non-hydrogen) atoms. The number of aromatic nitrogens is 3. The summed E-state index contributed by atoms with van der Waals surface area (Å²) >= 11 is 1.47. The average molecular weight is 675 g/mol. The van der Waals surface area contributed by atoms with Crippen LogP contribution in [-0.4, -0.2) is 88.4 Å².